The van der Waals surface area contributed by atoms with E-state index in [2.05, 4.69) is 10.6 Å². The second-order valence-electron chi connectivity index (χ2n) is 7.81. The first kappa shape index (κ1) is 20.8. The normalized spacial score (nSPS) is 18.7. The molecule has 2 fully saturated rings. The third kappa shape index (κ3) is 4.26. The summed E-state index contributed by atoms with van der Waals surface area (Å²) in [4.78, 5) is 50.3. The Morgan fingerprint density at radius 3 is 2.45 bits per heavy atom. The van der Waals surface area contributed by atoms with E-state index < -0.39 is 29.6 Å². The number of anilines is 1. The van der Waals surface area contributed by atoms with Crippen molar-refractivity contribution in [3.8, 4) is 0 Å². The van der Waals surface area contributed by atoms with Crippen LogP contribution >= 0.6 is 0 Å². The van der Waals surface area contributed by atoms with E-state index in [4.69, 9.17) is 4.74 Å². The summed E-state index contributed by atoms with van der Waals surface area (Å²) in [6.45, 7) is 5.20. The van der Waals surface area contributed by atoms with E-state index in [0.717, 1.165) is 28.9 Å². The maximum Gasteiger partial charge on any atom is 0.325 e. The largest absolute Gasteiger partial charge is 0.452 e. The predicted octanol–water partition coefficient (Wildman–Crippen LogP) is 2.43. The molecule has 1 spiro atoms. The van der Waals surface area contributed by atoms with Gasteiger partial charge in [-0.25, -0.2) is 4.79 Å². The van der Waals surface area contributed by atoms with Gasteiger partial charge in [0.1, 0.15) is 5.54 Å². The number of carbonyl (C=O) groups is 4. The van der Waals surface area contributed by atoms with Gasteiger partial charge in [-0.3, -0.25) is 19.3 Å². The first-order valence-corrected chi connectivity index (χ1v) is 9.94. The van der Waals surface area contributed by atoms with Crippen molar-refractivity contribution in [3.05, 3.63) is 29.3 Å². The Bertz CT molecular complexity index is 824. The molecular formula is C21H27N3O5. The number of carbonyl (C=O) groups excluding carboxylic acids is 4. The molecule has 156 valence electrons. The van der Waals surface area contributed by atoms with E-state index in [1.807, 2.05) is 32.0 Å². The first-order chi connectivity index (χ1) is 13.7. The standard InChI is InChI=1S/C21H27N3O5/c1-13-7-6-8-14(2)17(13)22-18(26)15(3)29-16(25)9-12-24-19(27)21(23-20(24)28)10-4-5-11-21/h6-8,15H,4-5,9-12H2,1-3H3,(H,22,26)(H,23,28)/t15-/m0/s1. The van der Waals surface area contributed by atoms with Gasteiger partial charge in [0.25, 0.3) is 11.8 Å². The van der Waals surface area contributed by atoms with E-state index in [1.54, 1.807) is 0 Å². The fourth-order valence-corrected chi connectivity index (χ4v) is 3.95. The third-order valence-corrected chi connectivity index (χ3v) is 5.65. The number of amides is 4. The minimum atomic E-state index is -0.995. The molecule has 1 aromatic carbocycles. The van der Waals surface area contributed by atoms with Gasteiger partial charge in [-0.2, -0.15) is 0 Å². The van der Waals surface area contributed by atoms with Crippen LogP contribution in [0.25, 0.3) is 0 Å². The molecule has 1 aliphatic heterocycles. The van der Waals surface area contributed by atoms with Gasteiger partial charge in [0, 0.05) is 12.2 Å². The van der Waals surface area contributed by atoms with Crippen molar-refractivity contribution < 1.29 is 23.9 Å². The summed E-state index contributed by atoms with van der Waals surface area (Å²) in [5.41, 5.74) is 1.73. The number of urea groups is 1. The lowest BCUT2D eigenvalue weighted by Gasteiger charge is -2.20. The SMILES string of the molecule is Cc1cccc(C)c1NC(=O)[C@H](C)OC(=O)CCN1C(=O)NC2(CCCC2)C1=O. The number of imide groups is 1. The van der Waals surface area contributed by atoms with Crippen molar-refractivity contribution in [2.45, 2.75) is 64.5 Å². The number of hydrogen-bond acceptors (Lipinski definition) is 5. The zero-order valence-corrected chi connectivity index (χ0v) is 17.0. The predicted molar refractivity (Wildman–Crippen MR) is 106 cm³/mol. The summed E-state index contributed by atoms with van der Waals surface area (Å²) in [7, 11) is 0. The summed E-state index contributed by atoms with van der Waals surface area (Å²) in [5, 5.41) is 5.55. The fourth-order valence-electron chi connectivity index (χ4n) is 3.95. The molecule has 0 aromatic heterocycles. The van der Waals surface area contributed by atoms with Crippen LogP contribution in [0.3, 0.4) is 0 Å². The van der Waals surface area contributed by atoms with E-state index in [9.17, 15) is 19.2 Å². The zero-order chi connectivity index (χ0) is 21.2. The van der Waals surface area contributed by atoms with Gasteiger partial charge >= 0.3 is 12.0 Å². The van der Waals surface area contributed by atoms with Gasteiger partial charge < -0.3 is 15.4 Å². The summed E-state index contributed by atoms with van der Waals surface area (Å²) >= 11 is 0. The minimum absolute atomic E-state index is 0.0590. The van der Waals surface area contributed by atoms with E-state index in [1.165, 1.54) is 6.92 Å². The van der Waals surface area contributed by atoms with Crippen LogP contribution in [0.15, 0.2) is 18.2 Å². The van der Waals surface area contributed by atoms with Gasteiger partial charge in [-0.15, -0.1) is 0 Å². The van der Waals surface area contributed by atoms with Gasteiger partial charge in [-0.1, -0.05) is 31.0 Å². The Hall–Kier alpha value is -2.90. The number of nitrogens with zero attached hydrogens (tertiary/aromatic N) is 1. The van der Waals surface area contributed by atoms with Crippen molar-refractivity contribution >= 4 is 29.5 Å². The highest BCUT2D eigenvalue weighted by atomic mass is 16.5. The average molecular weight is 401 g/mol. The van der Waals surface area contributed by atoms with E-state index >= 15 is 0 Å². The number of hydrogen-bond donors (Lipinski definition) is 2. The highest BCUT2D eigenvalue weighted by Gasteiger charge is 2.52. The molecule has 3 rings (SSSR count). The topological polar surface area (TPSA) is 105 Å². The number of para-hydroxylation sites is 1. The maximum absolute atomic E-state index is 12.6. The quantitative estimate of drug-likeness (QED) is 0.563. The molecule has 1 heterocycles. The second-order valence-corrected chi connectivity index (χ2v) is 7.81. The third-order valence-electron chi connectivity index (χ3n) is 5.65. The molecule has 0 unspecified atom stereocenters. The Morgan fingerprint density at radius 1 is 1.21 bits per heavy atom. The van der Waals surface area contributed by atoms with Crippen molar-refractivity contribution in [2.75, 3.05) is 11.9 Å². The highest BCUT2D eigenvalue weighted by molar-refractivity contribution is 6.07. The monoisotopic (exact) mass is 401 g/mol. The van der Waals surface area contributed by atoms with Gasteiger partial charge in [0.2, 0.25) is 0 Å². The molecule has 8 nitrogen and oxygen atoms in total. The van der Waals surface area contributed by atoms with Crippen LogP contribution in [0.4, 0.5) is 10.5 Å². The fraction of sp³-hybridized carbons (Fsp3) is 0.524. The number of rotatable bonds is 6. The molecule has 1 atom stereocenters. The van der Waals surface area contributed by atoms with Crippen LogP contribution in [0, 0.1) is 13.8 Å². The molecule has 4 amide bonds. The number of esters is 1. The number of aryl methyl sites for hydroxylation is 2. The maximum atomic E-state index is 12.6. The Labute approximate surface area is 170 Å². The van der Waals surface area contributed by atoms with Gasteiger partial charge in [0.15, 0.2) is 6.10 Å². The van der Waals surface area contributed by atoms with Crippen LogP contribution in [0.5, 0.6) is 0 Å². The first-order valence-electron chi connectivity index (χ1n) is 9.94. The van der Waals surface area contributed by atoms with Crippen molar-refractivity contribution in [2.24, 2.45) is 0 Å². The van der Waals surface area contributed by atoms with Crippen LogP contribution in [-0.4, -0.2) is 46.9 Å². The Morgan fingerprint density at radius 2 is 1.83 bits per heavy atom. The summed E-state index contributed by atoms with van der Waals surface area (Å²) in [5.74, 6) is -1.34. The molecule has 2 N–H and O–H groups in total. The Balaban J connectivity index is 1.51. The molecule has 8 heteroatoms. The van der Waals surface area contributed by atoms with Crippen molar-refractivity contribution in [1.82, 2.24) is 10.2 Å². The van der Waals surface area contributed by atoms with Crippen LogP contribution in [0.1, 0.15) is 50.2 Å². The summed E-state index contributed by atoms with van der Waals surface area (Å²) < 4.78 is 5.19. The van der Waals surface area contributed by atoms with Crippen LogP contribution < -0.4 is 10.6 Å². The van der Waals surface area contributed by atoms with Crippen LogP contribution in [0.2, 0.25) is 0 Å². The molecule has 1 aliphatic carbocycles. The number of benzene rings is 1. The highest BCUT2D eigenvalue weighted by Crippen LogP contribution is 2.35. The lowest BCUT2D eigenvalue weighted by molar-refractivity contribution is -0.153. The molecule has 0 bridgehead atoms. The lowest BCUT2D eigenvalue weighted by atomic mass is 9.98. The number of nitrogens with one attached hydrogen (secondary N) is 2. The van der Waals surface area contributed by atoms with Gasteiger partial charge in [-0.05, 0) is 44.7 Å². The van der Waals surface area contributed by atoms with Gasteiger partial charge in [0.05, 0.1) is 6.42 Å². The molecular weight excluding hydrogens is 374 g/mol. The molecule has 1 aromatic rings. The molecule has 0 radical (unpaired) electrons. The lowest BCUT2D eigenvalue weighted by Crippen LogP contribution is -2.44. The molecule has 29 heavy (non-hydrogen) atoms. The summed E-state index contributed by atoms with van der Waals surface area (Å²) in [6, 6.07) is 5.20. The number of ether oxygens (including phenoxy) is 1. The van der Waals surface area contributed by atoms with Crippen molar-refractivity contribution in [1.29, 1.82) is 0 Å². The van der Waals surface area contributed by atoms with Crippen molar-refractivity contribution in [3.63, 3.8) is 0 Å². The van der Waals surface area contributed by atoms with E-state index in [0.29, 0.717) is 18.5 Å². The van der Waals surface area contributed by atoms with Crippen LogP contribution in [-0.2, 0) is 19.1 Å². The summed E-state index contributed by atoms with van der Waals surface area (Å²) in [6.07, 6.45) is 1.91. The molecule has 1 saturated heterocycles. The Kier molecular flexibility index (Phi) is 5.91. The molecule has 2 aliphatic rings. The smallest absolute Gasteiger partial charge is 0.325 e. The molecule has 1 saturated carbocycles. The zero-order valence-electron chi connectivity index (χ0n) is 17.0. The average Bonchev–Trinajstić information content (AvgIpc) is 3.22. The minimum Gasteiger partial charge on any atom is -0.452 e. The second kappa shape index (κ2) is 8.23. The van der Waals surface area contributed by atoms with E-state index in [-0.39, 0.29) is 18.9 Å².